The first-order chi connectivity index (χ1) is 12.5. The highest BCUT2D eigenvalue weighted by atomic mass is 35.5. The third-order valence-electron chi connectivity index (χ3n) is 4.99. The van der Waals surface area contributed by atoms with Gasteiger partial charge in [0.2, 0.25) is 5.91 Å². The summed E-state index contributed by atoms with van der Waals surface area (Å²) in [5.74, 6) is 0.858. The minimum Gasteiger partial charge on any atom is -0.496 e. The first-order valence-corrected chi connectivity index (χ1v) is 9.64. The molecule has 1 saturated heterocycles. The molecule has 0 bridgehead atoms. The molecule has 6 nitrogen and oxygen atoms in total. The highest BCUT2D eigenvalue weighted by Gasteiger charge is 2.29. The lowest BCUT2D eigenvalue weighted by Crippen LogP contribution is -2.49. The Bertz CT molecular complexity index is 849. The average Bonchev–Trinajstić information content (AvgIpc) is 2.91. The number of methoxy groups -OCH3 is 1. The van der Waals surface area contributed by atoms with Gasteiger partial charge >= 0.3 is 4.87 Å². The number of aryl methyl sites for hydroxylation is 1. The normalized spacial score (nSPS) is 16.7. The number of ether oxygens (including phenoxy) is 1. The van der Waals surface area contributed by atoms with Gasteiger partial charge in [-0.25, -0.2) is 0 Å². The number of para-hydroxylation sites is 1. The number of thiazole rings is 1. The number of benzene rings is 1. The van der Waals surface area contributed by atoms with E-state index in [2.05, 4.69) is 5.32 Å². The highest BCUT2D eigenvalue weighted by molar-refractivity contribution is 7.09. The number of nitrogens with one attached hydrogen (secondary N) is 1. The van der Waals surface area contributed by atoms with Gasteiger partial charge in [-0.2, -0.15) is 0 Å². The van der Waals surface area contributed by atoms with E-state index in [1.807, 2.05) is 43.0 Å². The van der Waals surface area contributed by atoms with Crippen LogP contribution in [0.4, 0.5) is 0 Å². The van der Waals surface area contributed by atoms with E-state index in [0.29, 0.717) is 26.1 Å². The molecule has 0 radical (unpaired) electrons. The molecule has 0 aliphatic carbocycles. The maximum absolute atomic E-state index is 12.9. The van der Waals surface area contributed by atoms with Crippen molar-refractivity contribution >= 4 is 29.7 Å². The van der Waals surface area contributed by atoms with Gasteiger partial charge in [-0.1, -0.05) is 29.5 Å². The Hall–Kier alpha value is -1.83. The predicted octanol–water partition coefficient (Wildman–Crippen LogP) is 2.52. The lowest BCUT2D eigenvalue weighted by Gasteiger charge is -2.37. The third kappa shape index (κ3) is 4.54. The molecule has 8 heteroatoms. The Balaban J connectivity index is 0.00000261. The first-order valence-electron chi connectivity index (χ1n) is 8.83. The highest BCUT2D eigenvalue weighted by Crippen LogP contribution is 2.30. The van der Waals surface area contributed by atoms with Gasteiger partial charge < -0.3 is 19.5 Å². The van der Waals surface area contributed by atoms with Crippen molar-refractivity contribution in [2.24, 2.45) is 0 Å². The molecule has 2 aromatic rings. The molecule has 1 aromatic heterocycles. The molecule has 148 valence electrons. The Kier molecular flexibility index (Phi) is 7.47. The van der Waals surface area contributed by atoms with Gasteiger partial charge in [-0.15, -0.1) is 12.4 Å². The largest absolute Gasteiger partial charge is 0.496 e. The maximum Gasteiger partial charge on any atom is 0.307 e. The maximum atomic E-state index is 12.9. The summed E-state index contributed by atoms with van der Waals surface area (Å²) in [7, 11) is 1.65. The summed E-state index contributed by atoms with van der Waals surface area (Å²) in [5, 5.41) is 3.36. The van der Waals surface area contributed by atoms with Crippen LogP contribution in [-0.4, -0.2) is 42.1 Å². The smallest absolute Gasteiger partial charge is 0.307 e. The number of hydrogen-bond donors (Lipinski definition) is 1. The van der Waals surface area contributed by atoms with Crippen LogP contribution in [0, 0.1) is 13.8 Å². The molecule has 1 atom stereocenters. The van der Waals surface area contributed by atoms with Crippen molar-refractivity contribution in [1.29, 1.82) is 0 Å². The van der Waals surface area contributed by atoms with Crippen LogP contribution >= 0.6 is 23.7 Å². The minimum atomic E-state index is -0.0607. The molecule has 3 rings (SSSR count). The van der Waals surface area contributed by atoms with Crippen LogP contribution in [0.2, 0.25) is 0 Å². The fourth-order valence-corrected chi connectivity index (χ4v) is 4.28. The zero-order valence-corrected chi connectivity index (χ0v) is 17.5. The van der Waals surface area contributed by atoms with Gasteiger partial charge in [0.05, 0.1) is 13.2 Å². The number of piperazine rings is 1. The lowest BCUT2D eigenvalue weighted by molar-refractivity contribution is -0.134. The van der Waals surface area contributed by atoms with Gasteiger partial charge in [0.1, 0.15) is 5.75 Å². The van der Waals surface area contributed by atoms with Crippen LogP contribution in [0.3, 0.4) is 0 Å². The molecule has 1 fully saturated rings. The van der Waals surface area contributed by atoms with E-state index in [-0.39, 0.29) is 29.2 Å². The molecule has 1 aliphatic rings. The number of amides is 1. The van der Waals surface area contributed by atoms with Crippen LogP contribution in [0.1, 0.15) is 28.6 Å². The van der Waals surface area contributed by atoms with E-state index in [9.17, 15) is 9.59 Å². The third-order valence-corrected chi connectivity index (χ3v) is 5.98. The number of carbonyl (C=O) groups is 1. The van der Waals surface area contributed by atoms with Crippen LogP contribution < -0.4 is 14.9 Å². The Labute approximate surface area is 169 Å². The van der Waals surface area contributed by atoms with Crippen molar-refractivity contribution in [3.8, 4) is 5.75 Å². The minimum absolute atomic E-state index is 0. The van der Waals surface area contributed by atoms with Crippen molar-refractivity contribution in [3.63, 3.8) is 0 Å². The first kappa shape index (κ1) is 21.5. The topological polar surface area (TPSA) is 63.6 Å². The number of nitrogens with zero attached hydrogens (tertiary/aromatic N) is 2. The number of carbonyl (C=O) groups excluding carboxylic acids is 1. The Morgan fingerprint density at radius 2 is 2.07 bits per heavy atom. The van der Waals surface area contributed by atoms with Crippen molar-refractivity contribution in [2.45, 2.75) is 32.9 Å². The van der Waals surface area contributed by atoms with E-state index in [1.54, 1.807) is 11.7 Å². The summed E-state index contributed by atoms with van der Waals surface area (Å²) >= 11 is 1.24. The number of rotatable bonds is 5. The quantitative estimate of drug-likeness (QED) is 0.821. The molecule has 1 aliphatic heterocycles. The molecule has 1 unspecified atom stereocenters. The van der Waals surface area contributed by atoms with Crippen molar-refractivity contribution in [2.75, 3.05) is 26.7 Å². The van der Waals surface area contributed by atoms with E-state index in [0.717, 1.165) is 28.4 Å². The molecule has 2 heterocycles. The summed E-state index contributed by atoms with van der Waals surface area (Å²) in [6, 6.07) is 7.76. The number of halogens is 1. The molecular weight excluding hydrogens is 386 g/mol. The van der Waals surface area contributed by atoms with E-state index in [4.69, 9.17) is 4.74 Å². The Morgan fingerprint density at radius 3 is 2.74 bits per heavy atom. The van der Waals surface area contributed by atoms with Gasteiger partial charge in [-0.05, 0) is 19.9 Å². The summed E-state index contributed by atoms with van der Waals surface area (Å²) < 4.78 is 7.19. The molecule has 1 aromatic carbocycles. The fourth-order valence-electron chi connectivity index (χ4n) is 3.42. The van der Waals surface area contributed by atoms with Crippen molar-refractivity contribution in [3.05, 3.63) is 50.1 Å². The average molecular weight is 412 g/mol. The molecule has 1 amide bonds. The molecule has 1 N–H and O–H groups in total. The standard InChI is InChI=1S/C19H25N3O3S.ClH/c1-13-14(2)26-19(24)21(13)10-8-18(23)22-11-9-20-12-16(22)15-6-4-5-7-17(15)25-3;/h4-7,16,20H,8-12H2,1-3H3;1H. The fraction of sp³-hybridized carbons (Fsp3) is 0.474. The Morgan fingerprint density at radius 1 is 1.33 bits per heavy atom. The zero-order chi connectivity index (χ0) is 18.7. The zero-order valence-electron chi connectivity index (χ0n) is 15.9. The number of aromatic nitrogens is 1. The van der Waals surface area contributed by atoms with Gasteiger partial charge in [0.15, 0.2) is 0 Å². The monoisotopic (exact) mass is 411 g/mol. The SMILES string of the molecule is COc1ccccc1C1CNCCN1C(=O)CCn1c(C)c(C)sc1=O.Cl. The van der Waals surface area contributed by atoms with Crippen molar-refractivity contribution < 1.29 is 9.53 Å². The van der Waals surface area contributed by atoms with Gasteiger partial charge in [0, 0.05) is 48.7 Å². The second-order valence-electron chi connectivity index (χ2n) is 6.46. The summed E-state index contributed by atoms with van der Waals surface area (Å²) in [6.45, 7) is 6.42. The lowest BCUT2D eigenvalue weighted by atomic mass is 10.0. The van der Waals surface area contributed by atoms with Crippen LogP contribution in [0.5, 0.6) is 5.75 Å². The van der Waals surface area contributed by atoms with Gasteiger partial charge in [-0.3, -0.25) is 9.59 Å². The van der Waals surface area contributed by atoms with Crippen LogP contribution in [0.15, 0.2) is 29.1 Å². The van der Waals surface area contributed by atoms with Crippen LogP contribution in [-0.2, 0) is 11.3 Å². The predicted molar refractivity (Wildman–Crippen MR) is 110 cm³/mol. The molecule has 27 heavy (non-hydrogen) atoms. The van der Waals surface area contributed by atoms with Gasteiger partial charge in [0.25, 0.3) is 0 Å². The number of hydrogen-bond acceptors (Lipinski definition) is 5. The van der Waals surface area contributed by atoms with E-state index in [1.165, 1.54) is 11.3 Å². The van der Waals surface area contributed by atoms with E-state index >= 15 is 0 Å². The second kappa shape index (κ2) is 9.39. The summed E-state index contributed by atoms with van der Waals surface area (Å²) in [6.07, 6.45) is 0.322. The molecule has 0 saturated carbocycles. The van der Waals surface area contributed by atoms with Crippen LogP contribution in [0.25, 0.3) is 0 Å². The molecule has 0 spiro atoms. The molecular formula is C19H26ClN3O3S. The van der Waals surface area contributed by atoms with E-state index < -0.39 is 0 Å². The summed E-state index contributed by atoms with van der Waals surface area (Å²) in [4.78, 5) is 27.9. The second-order valence-corrected chi connectivity index (χ2v) is 7.63. The summed E-state index contributed by atoms with van der Waals surface area (Å²) in [5.41, 5.74) is 1.96. The van der Waals surface area contributed by atoms with Crippen molar-refractivity contribution in [1.82, 2.24) is 14.8 Å².